The number of rotatable bonds is 2. The molecule has 1 aromatic heterocycles. The number of hydrogen-bond acceptors (Lipinski definition) is 3. The Hall–Kier alpha value is -2.28. The van der Waals surface area contributed by atoms with Crippen LogP contribution in [0.1, 0.15) is 37.0 Å². The predicted molar refractivity (Wildman–Crippen MR) is 84.5 cm³/mol. The van der Waals surface area contributed by atoms with Gasteiger partial charge in [-0.15, -0.1) is 0 Å². The molecule has 5 nitrogen and oxygen atoms in total. The maximum Gasteiger partial charge on any atom is 0.272 e. The molecular weight excluding hydrogens is 316 g/mol. The molecule has 1 aliphatic heterocycles. The minimum Gasteiger partial charge on any atom is -0.373 e. The fourth-order valence-electron chi connectivity index (χ4n) is 2.64. The van der Waals surface area contributed by atoms with Gasteiger partial charge in [-0.1, -0.05) is 0 Å². The summed E-state index contributed by atoms with van der Waals surface area (Å²) < 4.78 is 34.0. The zero-order chi connectivity index (χ0) is 17.5. The molecule has 24 heavy (non-hydrogen) atoms. The number of carbonyl (C=O) groups is 1. The van der Waals surface area contributed by atoms with Gasteiger partial charge in [0.15, 0.2) is 17.3 Å². The highest BCUT2D eigenvalue weighted by molar-refractivity contribution is 5.94. The normalized spacial score (nSPS) is 14.4. The molecule has 0 saturated carbocycles. The second kappa shape index (κ2) is 5.98. The highest BCUT2D eigenvalue weighted by atomic mass is 19.2. The Morgan fingerprint density at radius 2 is 2.04 bits per heavy atom. The standard InChI is InChI=1S/C17H19F2N3O2/c1-17(2,3)21-16(23)14-13-9-24-7-6-22(13)15(20-14)10-4-5-11(18)12(19)8-10/h4-5,8H,6-7,9H2,1-3H3,(H,21,23). The van der Waals surface area contributed by atoms with Gasteiger partial charge in [-0.05, 0) is 39.0 Å². The summed E-state index contributed by atoms with van der Waals surface area (Å²) in [5.41, 5.74) is 0.907. The first kappa shape index (κ1) is 16.6. The lowest BCUT2D eigenvalue weighted by molar-refractivity contribution is 0.0806. The second-order valence-electron chi connectivity index (χ2n) is 6.77. The van der Waals surface area contributed by atoms with Gasteiger partial charge in [-0.25, -0.2) is 13.8 Å². The third kappa shape index (κ3) is 3.17. The van der Waals surface area contributed by atoms with Crippen molar-refractivity contribution < 1.29 is 18.3 Å². The lowest BCUT2D eigenvalue weighted by atomic mass is 10.1. The predicted octanol–water partition coefficient (Wildman–Crippen LogP) is 2.89. The first-order valence-corrected chi connectivity index (χ1v) is 7.71. The van der Waals surface area contributed by atoms with E-state index in [1.54, 1.807) is 0 Å². The number of nitrogens with zero attached hydrogens (tertiary/aromatic N) is 2. The number of ether oxygens (including phenoxy) is 1. The maximum atomic E-state index is 13.6. The molecule has 2 heterocycles. The van der Waals surface area contributed by atoms with Crippen molar-refractivity contribution >= 4 is 5.91 Å². The Bertz CT molecular complexity index is 794. The molecule has 0 bridgehead atoms. The van der Waals surface area contributed by atoms with Crippen molar-refractivity contribution in [1.29, 1.82) is 0 Å². The molecule has 0 spiro atoms. The van der Waals surface area contributed by atoms with E-state index in [0.29, 0.717) is 30.2 Å². The lowest BCUT2D eigenvalue weighted by Gasteiger charge is -2.21. The molecule has 128 valence electrons. The molecule has 3 rings (SSSR count). The zero-order valence-corrected chi connectivity index (χ0v) is 13.8. The first-order chi connectivity index (χ1) is 11.3. The molecule has 7 heteroatoms. The van der Waals surface area contributed by atoms with Gasteiger partial charge < -0.3 is 14.6 Å². The SMILES string of the molecule is CC(C)(C)NC(=O)c1nc(-c2ccc(F)c(F)c2)n2c1COCC2. The summed E-state index contributed by atoms with van der Waals surface area (Å²) in [5.74, 6) is -1.74. The largest absolute Gasteiger partial charge is 0.373 e. The van der Waals surface area contributed by atoms with E-state index in [1.807, 2.05) is 25.3 Å². The fourth-order valence-corrected chi connectivity index (χ4v) is 2.64. The van der Waals surface area contributed by atoms with Crippen LogP contribution >= 0.6 is 0 Å². The number of benzene rings is 1. The van der Waals surface area contributed by atoms with Gasteiger partial charge in [0, 0.05) is 17.6 Å². The van der Waals surface area contributed by atoms with Crippen molar-refractivity contribution in [2.45, 2.75) is 39.5 Å². The monoisotopic (exact) mass is 335 g/mol. The van der Waals surface area contributed by atoms with Gasteiger partial charge in [0.2, 0.25) is 0 Å². The van der Waals surface area contributed by atoms with E-state index in [9.17, 15) is 13.6 Å². The number of aromatic nitrogens is 2. The van der Waals surface area contributed by atoms with E-state index in [1.165, 1.54) is 6.07 Å². The fraction of sp³-hybridized carbons (Fsp3) is 0.412. The lowest BCUT2D eigenvalue weighted by Crippen LogP contribution is -2.41. The summed E-state index contributed by atoms with van der Waals surface area (Å²) in [4.78, 5) is 16.9. The smallest absolute Gasteiger partial charge is 0.272 e. The average molecular weight is 335 g/mol. The summed E-state index contributed by atoms with van der Waals surface area (Å²) in [6.45, 7) is 6.85. The van der Waals surface area contributed by atoms with E-state index in [2.05, 4.69) is 10.3 Å². The summed E-state index contributed by atoms with van der Waals surface area (Å²) >= 11 is 0. The molecule has 2 aromatic rings. The molecule has 0 atom stereocenters. The van der Waals surface area contributed by atoms with Crippen LogP contribution in [0, 0.1) is 11.6 Å². The van der Waals surface area contributed by atoms with E-state index >= 15 is 0 Å². The Morgan fingerprint density at radius 1 is 1.29 bits per heavy atom. The van der Waals surface area contributed by atoms with Gasteiger partial charge >= 0.3 is 0 Å². The van der Waals surface area contributed by atoms with Gasteiger partial charge in [0.25, 0.3) is 5.91 Å². The van der Waals surface area contributed by atoms with Crippen molar-refractivity contribution in [3.63, 3.8) is 0 Å². The number of carbonyl (C=O) groups excluding carboxylic acids is 1. The quantitative estimate of drug-likeness (QED) is 0.918. The molecule has 1 N–H and O–H groups in total. The Morgan fingerprint density at radius 3 is 2.71 bits per heavy atom. The number of imidazole rings is 1. The number of fused-ring (bicyclic) bond motifs is 1. The van der Waals surface area contributed by atoms with Crippen molar-refractivity contribution in [1.82, 2.24) is 14.9 Å². The molecular formula is C17H19F2N3O2. The van der Waals surface area contributed by atoms with Crippen LogP contribution in [0.4, 0.5) is 8.78 Å². The van der Waals surface area contributed by atoms with Gasteiger partial charge in [0.1, 0.15) is 5.82 Å². The van der Waals surface area contributed by atoms with Gasteiger partial charge in [-0.2, -0.15) is 0 Å². The molecule has 0 saturated heterocycles. The minimum atomic E-state index is -0.947. The van der Waals surface area contributed by atoms with E-state index in [-0.39, 0.29) is 18.2 Å². The van der Waals surface area contributed by atoms with Crippen LogP contribution in [0.5, 0.6) is 0 Å². The Balaban J connectivity index is 2.07. The highest BCUT2D eigenvalue weighted by Gasteiger charge is 2.27. The van der Waals surface area contributed by atoms with E-state index in [4.69, 9.17) is 4.74 Å². The van der Waals surface area contributed by atoms with Crippen molar-refractivity contribution in [3.8, 4) is 11.4 Å². The second-order valence-corrected chi connectivity index (χ2v) is 6.77. The molecule has 0 fully saturated rings. The molecule has 0 radical (unpaired) electrons. The van der Waals surface area contributed by atoms with Gasteiger partial charge in [-0.3, -0.25) is 4.79 Å². The molecule has 0 aliphatic carbocycles. The molecule has 0 unspecified atom stereocenters. The van der Waals surface area contributed by atoms with Crippen molar-refractivity contribution in [3.05, 3.63) is 41.2 Å². The highest BCUT2D eigenvalue weighted by Crippen LogP contribution is 2.27. The van der Waals surface area contributed by atoms with Crippen LogP contribution in [0.25, 0.3) is 11.4 Å². The topological polar surface area (TPSA) is 56.2 Å². The molecule has 1 amide bonds. The van der Waals surface area contributed by atoms with Crippen LogP contribution in [-0.2, 0) is 17.9 Å². The summed E-state index contributed by atoms with van der Waals surface area (Å²) in [6, 6.07) is 3.60. The zero-order valence-electron chi connectivity index (χ0n) is 13.8. The number of nitrogens with one attached hydrogen (secondary N) is 1. The summed E-state index contributed by atoms with van der Waals surface area (Å²) in [7, 11) is 0. The van der Waals surface area contributed by atoms with Crippen LogP contribution in [0.3, 0.4) is 0 Å². The van der Waals surface area contributed by atoms with Gasteiger partial charge in [0.05, 0.1) is 18.9 Å². The third-order valence-corrected chi connectivity index (χ3v) is 3.65. The summed E-state index contributed by atoms with van der Waals surface area (Å²) in [5, 5.41) is 2.87. The van der Waals surface area contributed by atoms with Crippen molar-refractivity contribution in [2.75, 3.05) is 6.61 Å². The Kier molecular flexibility index (Phi) is 4.13. The summed E-state index contributed by atoms with van der Waals surface area (Å²) in [6.07, 6.45) is 0. The average Bonchev–Trinajstić information content (AvgIpc) is 2.88. The maximum absolute atomic E-state index is 13.6. The van der Waals surface area contributed by atoms with Crippen LogP contribution < -0.4 is 5.32 Å². The first-order valence-electron chi connectivity index (χ1n) is 7.71. The van der Waals surface area contributed by atoms with Crippen molar-refractivity contribution in [2.24, 2.45) is 0 Å². The third-order valence-electron chi connectivity index (χ3n) is 3.65. The molecule has 1 aromatic carbocycles. The minimum absolute atomic E-state index is 0.254. The number of hydrogen-bond donors (Lipinski definition) is 1. The number of halogens is 2. The van der Waals surface area contributed by atoms with E-state index < -0.39 is 17.2 Å². The van der Waals surface area contributed by atoms with E-state index in [0.717, 1.165) is 12.1 Å². The van der Waals surface area contributed by atoms with Crippen LogP contribution in [-0.4, -0.2) is 27.6 Å². The van der Waals surface area contributed by atoms with Crippen LogP contribution in [0.15, 0.2) is 18.2 Å². The molecule has 1 aliphatic rings. The number of amides is 1. The Labute approximate surface area is 138 Å². The van der Waals surface area contributed by atoms with Crippen LogP contribution in [0.2, 0.25) is 0 Å².